The maximum atomic E-state index is 12.8. The highest BCUT2D eigenvalue weighted by Gasteiger charge is 2.29. The number of piperidine rings is 1. The molecule has 0 amide bonds. The summed E-state index contributed by atoms with van der Waals surface area (Å²) in [6.07, 6.45) is 2.56. The van der Waals surface area contributed by atoms with Crippen LogP contribution in [-0.2, 0) is 10.0 Å². The summed E-state index contributed by atoms with van der Waals surface area (Å²) in [5.74, 6) is 0.687. The smallest absolute Gasteiger partial charge is 0.312 e. The van der Waals surface area contributed by atoms with Gasteiger partial charge in [-0.05, 0) is 49.6 Å². The van der Waals surface area contributed by atoms with E-state index in [1.165, 1.54) is 23.5 Å². The topological polar surface area (TPSA) is 99.0 Å². The van der Waals surface area contributed by atoms with Crippen molar-refractivity contribution >= 4 is 15.7 Å². The van der Waals surface area contributed by atoms with Gasteiger partial charge in [0.1, 0.15) is 0 Å². The molecule has 0 aliphatic carbocycles. The summed E-state index contributed by atoms with van der Waals surface area (Å²) in [5, 5.41) is 11.6. The summed E-state index contributed by atoms with van der Waals surface area (Å²) in [7, 11) is -2.30. The Morgan fingerprint density at radius 2 is 1.68 bits per heavy atom. The number of nitro benzene ring substituents is 1. The van der Waals surface area contributed by atoms with Gasteiger partial charge in [-0.2, -0.15) is 4.31 Å². The molecule has 0 atom stereocenters. The van der Waals surface area contributed by atoms with E-state index in [9.17, 15) is 18.5 Å². The summed E-state index contributed by atoms with van der Waals surface area (Å²) in [6, 6.07) is 8.90. The molecular formula is C19H22N2O6S. The average Bonchev–Trinajstić information content (AvgIpc) is 2.69. The van der Waals surface area contributed by atoms with Crippen molar-refractivity contribution in [1.29, 1.82) is 0 Å². The van der Waals surface area contributed by atoms with Gasteiger partial charge in [0.25, 0.3) is 0 Å². The first-order valence-corrected chi connectivity index (χ1v) is 10.4. The lowest BCUT2D eigenvalue weighted by molar-refractivity contribution is -0.385. The second kappa shape index (κ2) is 8.15. The quantitative estimate of drug-likeness (QED) is 0.533. The van der Waals surface area contributed by atoms with E-state index in [0.29, 0.717) is 24.6 Å². The Morgan fingerprint density at radius 3 is 2.32 bits per heavy atom. The van der Waals surface area contributed by atoms with Crippen molar-refractivity contribution in [3.05, 3.63) is 52.1 Å². The number of aryl methyl sites for hydroxylation is 1. The predicted molar refractivity (Wildman–Crippen MR) is 104 cm³/mol. The third-order valence-electron chi connectivity index (χ3n) is 4.62. The van der Waals surface area contributed by atoms with Crippen LogP contribution in [0.25, 0.3) is 0 Å². The van der Waals surface area contributed by atoms with Crippen LogP contribution < -0.4 is 9.47 Å². The first-order valence-electron chi connectivity index (χ1n) is 8.94. The molecule has 1 aliphatic rings. The fourth-order valence-corrected chi connectivity index (χ4v) is 4.66. The van der Waals surface area contributed by atoms with E-state index in [-0.39, 0.29) is 10.6 Å². The third-order valence-corrected chi connectivity index (χ3v) is 6.51. The van der Waals surface area contributed by atoms with Crippen molar-refractivity contribution in [2.24, 2.45) is 0 Å². The highest BCUT2D eigenvalue weighted by atomic mass is 32.2. The Balaban J connectivity index is 1.97. The largest absolute Gasteiger partial charge is 0.493 e. The summed E-state index contributed by atoms with van der Waals surface area (Å²) in [4.78, 5) is 10.8. The molecule has 150 valence electrons. The van der Waals surface area contributed by atoms with Crippen LogP contribution in [0.2, 0.25) is 0 Å². The SMILES string of the molecule is COc1cc(C)ccc1Oc1ccc(S(=O)(=O)N2CCCCC2)cc1[N+](=O)[O-]. The molecule has 0 saturated carbocycles. The summed E-state index contributed by atoms with van der Waals surface area (Å²) < 4.78 is 37.9. The van der Waals surface area contributed by atoms with Crippen molar-refractivity contribution in [2.75, 3.05) is 20.2 Å². The van der Waals surface area contributed by atoms with Crippen molar-refractivity contribution in [3.63, 3.8) is 0 Å². The lowest BCUT2D eigenvalue weighted by atomic mass is 10.2. The van der Waals surface area contributed by atoms with Gasteiger partial charge >= 0.3 is 5.69 Å². The van der Waals surface area contributed by atoms with Crippen molar-refractivity contribution in [3.8, 4) is 17.2 Å². The molecule has 0 N–H and O–H groups in total. The standard InChI is InChI=1S/C19H22N2O6S/c1-14-6-8-18(19(12-14)26-2)27-17-9-7-15(13-16(17)21(22)23)28(24,25)20-10-4-3-5-11-20/h6-9,12-13H,3-5,10-11H2,1-2H3. The molecule has 1 fully saturated rings. The van der Waals surface area contributed by atoms with E-state index in [1.54, 1.807) is 18.2 Å². The van der Waals surface area contributed by atoms with Crippen LogP contribution in [0, 0.1) is 17.0 Å². The van der Waals surface area contributed by atoms with E-state index >= 15 is 0 Å². The van der Waals surface area contributed by atoms with E-state index in [1.807, 2.05) is 6.92 Å². The molecule has 3 rings (SSSR count). The first kappa shape index (κ1) is 20.1. The fourth-order valence-electron chi connectivity index (χ4n) is 3.12. The second-order valence-corrected chi connectivity index (χ2v) is 8.55. The maximum absolute atomic E-state index is 12.8. The van der Waals surface area contributed by atoms with Crippen LogP contribution in [0.15, 0.2) is 41.3 Å². The molecule has 0 unspecified atom stereocenters. The molecule has 8 nitrogen and oxygen atoms in total. The number of rotatable bonds is 6. The molecule has 0 radical (unpaired) electrons. The lowest BCUT2D eigenvalue weighted by Gasteiger charge is -2.25. The molecule has 1 heterocycles. The Bertz CT molecular complexity index is 984. The van der Waals surface area contributed by atoms with Gasteiger partial charge in [0.2, 0.25) is 15.8 Å². The maximum Gasteiger partial charge on any atom is 0.312 e. The van der Waals surface area contributed by atoms with Gasteiger partial charge in [0.05, 0.1) is 16.9 Å². The Labute approximate surface area is 163 Å². The summed E-state index contributed by atoms with van der Waals surface area (Å²) >= 11 is 0. The monoisotopic (exact) mass is 406 g/mol. The van der Waals surface area contributed by atoms with E-state index in [0.717, 1.165) is 30.9 Å². The van der Waals surface area contributed by atoms with Crippen molar-refractivity contribution < 1.29 is 22.8 Å². The highest BCUT2D eigenvalue weighted by Crippen LogP contribution is 2.38. The zero-order valence-corrected chi connectivity index (χ0v) is 16.6. The van der Waals surface area contributed by atoms with Crippen molar-refractivity contribution in [1.82, 2.24) is 4.31 Å². The minimum absolute atomic E-state index is 0.0512. The van der Waals surface area contributed by atoms with Crippen LogP contribution in [0.3, 0.4) is 0 Å². The van der Waals surface area contributed by atoms with Gasteiger partial charge < -0.3 is 9.47 Å². The molecule has 1 saturated heterocycles. The molecular weight excluding hydrogens is 384 g/mol. The third kappa shape index (κ3) is 4.10. The number of nitrogens with zero attached hydrogens (tertiary/aromatic N) is 2. The van der Waals surface area contributed by atoms with Crippen LogP contribution in [0.4, 0.5) is 5.69 Å². The highest BCUT2D eigenvalue weighted by molar-refractivity contribution is 7.89. The number of ether oxygens (including phenoxy) is 2. The zero-order valence-electron chi connectivity index (χ0n) is 15.8. The molecule has 28 heavy (non-hydrogen) atoms. The van der Waals surface area contributed by atoms with Crippen LogP contribution in [0.1, 0.15) is 24.8 Å². The van der Waals surface area contributed by atoms with Crippen LogP contribution in [0.5, 0.6) is 17.2 Å². The Kier molecular flexibility index (Phi) is 5.85. The van der Waals surface area contributed by atoms with E-state index in [4.69, 9.17) is 9.47 Å². The van der Waals surface area contributed by atoms with E-state index < -0.39 is 20.6 Å². The number of benzene rings is 2. The van der Waals surface area contributed by atoms with E-state index in [2.05, 4.69) is 0 Å². The van der Waals surface area contributed by atoms with Gasteiger partial charge in [0, 0.05) is 19.2 Å². The second-order valence-electron chi connectivity index (χ2n) is 6.61. The minimum Gasteiger partial charge on any atom is -0.493 e. The Morgan fingerprint density at radius 1 is 1.00 bits per heavy atom. The number of nitro groups is 1. The van der Waals surface area contributed by atoms with Crippen LogP contribution >= 0.6 is 0 Å². The first-order chi connectivity index (χ1) is 13.3. The molecule has 0 aromatic heterocycles. The van der Waals surface area contributed by atoms with Crippen molar-refractivity contribution in [2.45, 2.75) is 31.1 Å². The average molecular weight is 406 g/mol. The summed E-state index contributed by atoms with van der Waals surface area (Å²) in [5.41, 5.74) is 0.530. The lowest BCUT2D eigenvalue weighted by Crippen LogP contribution is -2.35. The van der Waals surface area contributed by atoms with Gasteiger partial charge in [-0.3, -0.25) is 10.1 Å². The van der Waals surface area contributed by atoms with Crippen LogP contribution in [-0.4, -0.2) is 37.8 Å². The molecule has 0 bridgehead atoms. The predicted octanol–water partition coefficient (Wildman–Crippen LogP) is 3.88. The molecule has 9 heteroatoms. The fraction of sp³-hybridized carbons (Fsp3) is 0.368. The number of hydrogen-bond donors (Lipinski definition) is 0. The number of methoxy groups -OCH3 is 1. The molecule has 2 aromatic carbocycles. The van der Waals surface area contributed by atoms with Gasteiger partial charge in [-0.25, -0.2) is 8.42 Å². The van der Waals surface area contributed by atoms with Gasteiger partial charge in [-0.1, -0.05) is 12.5 Å². The zero-order chi connectivity index (χ0) is 20.3. The number of hydrogen-bond acceptors (Lipinski definition) is 6. The molecule has 0 spiro atoms. The van der Waals surface area contributed by atoms with Gasteiger partial charge in [-0.15, -0.1) is 0 Å². The molecule has 1 aliphatic heterocycles. The normalized spacial score (nSPS) is 15.2. The molecule has 2 aromatic rings. The Hall–Kier alpha value is -2.65. The summed E-state index contributed by atoms with van der Waals surface area (Å²) in [6.45, 7) is 2.74. The van der Waals surface area contributed by atoms with Gasteiger partial charge in [0.15, 0.2) is 11.5 Å². The minimum atomic E-state index is -3.78. The number of sulfonamides is 1.